The first-order valence-electron chi connectivity index (χ1n) is 8.12. The number of amides is 1. The molecule has 0 saturated heterocycles. The van der Waals surface area contributed by atoms with Crippen molar-refractivity contribution in [1.29, 1.82) is 0 Å². The van der Waals surface area contributed by atoms with Gasteiger partial charge in [0.1, 0.15) is 0 Å². The van der Waals surface area contributed by atoms with E-state index < -0.39 is 5.91 Å². The van der Waals surface area contributed by atoms with E-state index in [2.05, 4.69) is 5.10 Å². The molecule has 1 aromatic heterocycles. The summed E-state index contributed by atoms with van der Waals surface area (Å²) in [6.45, 7) is 0.304. The Balaban J connectivity index is 1.87. The van der Waals surface area contributed by atoms with Gasteiger partial charge in [0.05, 0.1) is 6.54 Å². The standard InChI is InChI=1S/C20H19N3O2/c21-20(25)19-17(12-11-15-7-3-1-4-8-15)13-18(24)23(22-19)14-16-9-5-2-6-10-16/h1-10,13H,11-12,14H2,(H2,21,25). The number of benzene rings is 2. The van der Waals surface area contributed by atoms with Crippen LogP contribution in [0.15, 0.2) is 71.5 Å². The van der Waals surface area contributed by atoms with E-state index in [4.69, 9.17) is 5.73 Å². The molecule has 0 fully saturated rings. The van der Waals surface area contributed by atoms with Gasteiger partial charge in [-0.3, -0.25) is 9.59 Å². The zero-order valence-corrected chi connectivity index (χ0v) is 13.8. The molecular formula is C20H19N3O2. The summed E-state index contributed by atoms with van der Waals surface area (Å²) < 4.78 is 1.28. The number of nitrogens with zero attached hydrogens (tertiary/aromatic N) is 2. The van der Waals surface area contributed by atoms with Gasteiger partial charge >= 0.3 is 0 Å². The number of carbonyl (C=O) groups excluding carboxylic acids is 1. The fourth-order valence-electron chi connectivity index (χ4n) is 2.72. The molecular weight excluding hydrogens is 314 g/mol. The van der Waals surface area contributed by atoms with Crippen LogP contribution in [0.3, 0.4) is 0 Å². The van der Waals surface area contributed by atoms with Crippen LogP contribution in [0.1, 0.15) is 27.2 Å². The average molecular weight is 333 g/mol. The summed E-state index contributed by atoms with van der Waals surface area (Å²) in [7, 11) is 0. The van der Waals surface area contributed by atoms with Gasteiger partial charge in [0.25, 0.3) is 11.5 Å². The molecule has 126 valence electrons. The van der Waals surface area contributed by atoms with E-state index >= 15 is 0 Å². The second-order valence-electron chi connectivity index (χ2n) is 5.85. The van der Waals surface area contributed by atoms with Gasteiger partial charge < -0.3 is 5.73 Å². The van der Waals surface area contributed by atoms with Crippen molar-refractivity contribution in [3.05, 3.63) is 99.5 Å². The quantitative estimate of drug-likeness (QED) is 0.751. The van der Waals surface area contributed by atoms with Crippen molar-refractivity contribution in [2.45, 2.75) is 19.4 Å². The van der Waals surface area contributed by atoms with Crippen molar-refractivity contribution in [2.24, 2.45) is 5.73 Å². The molecule has 3 aromatic rings. The number of aryl methyl sites for hydroxylation is 2. The highest BCUT2D eigenvalue weighted by atomic mass is 16.1. The predicted molar refractivity (Wildman–Crippen MR) is 96.4 cm³/mol. The van der Waals surface area contributed by atoms with Gasteiger partial charge in [-0.25, -0.2) is 4.68 Å². The summed E-state index contributed by atoms with van der Waals surface area (Å²) in [4.78, 5) is 24.2. The van der Waals surface area contributed by atoms with Crippen LogP contribution < -0.4 is 11.3 Å². The fraction of sp³-hybridized carbons (Fsp3) is 0.150. The number of aromatic nitrogens is 2. The molecule has 5 nitrogen and oxygen atoms in total. The van der Waals surface area contributed by atoms with Crippen LogP contribution >= 0.6 is 0 Å². The molecule has 1 amide bonds. The van der Waals surface area contributed by atoms with E-state index in [9.17, 15) is 9.59 Å². The Labute approximate surface area is 145 Å². The Morgan fingerprint density at radius 2 is 1.52 bits per heavy atom. The van der Waals surface area contributed by atoms with Gasteiger partial charge in [0.2, 0.25) is 0 Å². The van der Waals surface area contributed by atoms with Crippen LogP contribution in [0.4, 0.5) is 0 Å². The van der Waals surface area contributed by atoms with Gasteiger partial charge in [-0.15, -0.1) is 0 Å². The lowest BCUT2D eigenvalue weighted by atomic mass is 10.0. The van der Waals surface area contributed by atoms with Crippen LogP contribution in [0, 0.1) is 0 Å². The molecule has 25 heavy (non-hydrogen) atoms. The predicted octanol–water partition coefficient (Wildman–Crippen LogP) is 2.18. The zero-order chi connectivity index (χ0) is 17.6. The van der Waals surface area contributed by atoms with Crippen LogP contribution in [-0.2, 0) is 19.4 Å². The second kappa shape index (κ2) is 7.57. The summed E-state index contributed by atoms with van der Waals surface area (Å²) in [5.74, 6) is -0.620. The molecule has 0 spiro atoms. The van der Waals surface area contributed by atoms with Crippen molar-refractivity contribution in [1.82, 2.24) is 9.78 Å². The molecule has 0 atom stereocenters. The molecule has 0 aliphatic heterocycles. The summed E-state index contributed by atoms with van der Waals surface area (Å²) in [6.07, 6.45) is 1.25. The monoisotopic (exact) mass is 333 g/mol. The number of hydrogen-bond donors (Lipinski definition) is 1. The maximum absolute atomic E-state index is 12.4. The molecule has 0 aliphatic carbocycles. The van der Waals surface area contributed by atoms with Crippen molar-refractivity contribution >= 4 is 5.91 Å². The van der Waals surface area contributed by atoms with Gasteiger partial charge in [-0.2, -0.15) is 5.10 Å². The van der Waals surface area contributed by atoms with Crippen molar-refractivity contribution < 1.29 is 4.79 Å². The lowest BCUT2D eigenvalue weighted by molar-refractivity contribution is 0.0992. The zero-order valence-electron chi connectivity index (χ0n) is 13.8. The summed E-state index contributed by atoms with van der Waals surface area (Å²) in [5.41, 5.74) is 8.05. The van der Waals surface area contributed by atoms with Crippen molar-refractivity contribution in [2.75, 3.05) is 0 Å². The number of nitrogens with two attached hydrogens (primary N) is 1. The van der Waals surface area contributed by atoms with Gasteiger partial charge in [0, 0.05) is 6.07 Å². The SMILES string of the molecule is NC(=O)c1nn(Cc2ccccc2)c(=O)cc1CCc1ccccc1. The van der Waals surface area contributed by atoms with E-state index in [1.165, 1.54) is 10.7 Å². The first kappa shape index (κ1) is 16.6. The largest absolute Gasteiger partial charge is 0.364 e. The molecule has 0 radical (unpaired) electrons. The van der Waals surface area contributed by atoms with Crippen molar-refractivity contribution in [3.8, 4) is 0 Å². The Morgan fingerprint density at radius 3 is 2.12 bits per heavy atom. The van der Waals surface area contributed by atoms with Crippen LogP contribution in [0.25, 0.3) is 0 Å². The van der Waals surface area contributed by atoms with Gasteiger partial charge in [-0.1, -0.05) is 60.7 Å². The minimum Gasteiger partial charge on any atom is -0.364 e. The van der Waals surface area contributed by atoms with E-state index in [0.717, 1.165) is 11.1 Å². The minimum atomic E-state index is -0.620. The van der Waals surface area contributed by atoms with E-state index in [1.54, 1.807) is 0 Å². The van der Waals surface area contributed by atoms with E-state index in [1.807, 2.05) is 60.7 Å². The molecule has 0 saturated carbocycles. The summed E-state index contributed by atoms with van der Waals surface area (Å²) in [6, 6.07) is 20.9. The molecule has 5 heteroatoms. The molecule has 1 heterocycles. The Kier molecular flexibility index (Phi) is 5.04. The molecule has 2 N–H and O–H groups in total. The minimum absolute atomic E-state index is 0.159. The summed E-state index contributed by atoms with van der Waals surface area (Å²) >= 11 is 0. The van der Waals surface area contributed by atoms with E-state index in [-0.39, 0.29) is 11.3 Å². The molecule has 2 aromatic carbocycles. The lowest BCUT2D eigenvalue weighted by Crippen LogP contribution is -2.29. The van der Waals surface area contributed by atoms with Crippen LogP contribution in [0.2, 0.25) is 0 Å². The maximum atomic E-state index is 12.4. The topological polar surface area (TPSA) is 78.0 Å². The fourth-order valence-corrected chi connectivity index (χ4v) is 2.72. The Morgan fingerprint density at radius 1 is 0.920 bits per heavy atom. The number of hydrogen-bond acceptors (Lipinski definition) is 3. The van der Waals surface area contributed by atoms with Gasteiger partial charge in [-0.05, 0) is 29.5 Å². The van der Waals surface area contributed by atoms with Crippen LogP contribution in [-0.4, -0.2) is 15.7 Å². The third-order valence-electron chi connectivity index (χ3n) is 4.01. The molecule has 0 unspecified atom stereocenters. The number of primary amides is 1. The third kappa shape index (κ3) is 4.20. The number of rotatable bonds is 6. The van der Waals surface area contributed by atoms with Gasteiger partial charge in [0.15, 0.2) is 5.69 Å². The highest BCUT2D eigenvalue weighted by Crippen LogP contribution is 2.09. The van der Waals surface area contributed by atoms with E-state index in [0.29, 0.717) is 24.9 Å². The van der Waals surface area contributed by atoms with Crippen molar-refractivity contribution in [3.63, 3.8) is 0 Å². The smallest absolute Gasteiger partial charge is 0.269 e. The molecule has 0 aliphatic rings. The highest BCUT2D eigenvalue weighted by Gasteiger charge is 2.14. The molecule has 3 rings (SSSR count). The Bertz CT molecular complexity index is 919. The second-order valence-corrected chi connectivity index (χ2v) is 5.85. The highest BCUT2D eigenvalue weighted by molar-refractivity contribution is 5.92. The third-order valence-corrected chi connectivity index (χ3v) is 4.01. The first-order valence-corrected chi connectivity index (χ1v) is 8.12. The first-order chi connectivity index (χ1) is 12.1. The molecule has 0 bridgehead atoms. The number of carbonyl (C=O) groups is 1. The average Bonchev–Trinajstić information content (AvgIpc) is 2.63. The maximum Gasteiger partial charge on any atom is 0.269 e. The lowest BCUT2D eigenvalue weighted by Gasteiger charge is -2.10. The van der Waals surface area contributed by atoms with Crippen LogP contribution in [0.5, 0.6) is 0 Å². The normalized spacial score (nSPS) is 10.6. The summed E-state index contributed by atoms with van der Waals surface area (Å²) in [5, 5.41) is 4.21. The Hall–Kier alpha value is -3.21.